The number of ether oxygens (including phenoxy) is 2. The van der Waals surface area contributed by atoms with E-state index in [2.05, 4.69) is 17.1 Å². The topological polar surface area (TPSA) is 33.7 Å². The summed E-state index contributed by atoms with van der Waals surface area (Å²) in [5.74, 6) is 0. The third kappa shape index (κ3) is 8.55. The van der Waals surface area contributed by atoms with Crippen molar-refractivity contribution in [3.05, 3.63) is 0 Å². The van der Waals surface area contributed by atoms with Crippen LogP contribution in [0, 0.1) is 0 Å². The Morgan fingerprint density at radius 1 is 0.941 bits per heavy atom. The predicted molar refractivity (Wildman–Crippen MR) is 70.5 cm³/mol. The van der Waals surface area contributed by atoms with E-state index in [0.29, 0.717) is 0 Å². The molecule has 4 nitrogen and oxygen atoms in total. The van der Waals surface area contributed by atoms with Gasteiger partial charge < -0.3 is 14.8 Å². The van der Waals surface area contributed by atoms with Crippen molar-refractivity contribution >= 4 is 0 Å². The zero-order valence-electron chi connectivity index (χ0n) is 11.2. The van der Waals surface area contributed by atoms with Gasteiger partial charge in [-0.15, -0.1) is 0 Å². The molecule has 0 aromatic heterocycles. The van der Waals surface area contributed by atoms with Crippen LogP contribution in [-0.4, -0.2) is 64.1 Å². The molecule has 1 rings (SSSR count). The smallest absolute Gasteiger partial charge is 0.0593 e. The second kappa shape index (κ2) is 11.0. The number of rotatable bonds is 10. The predicted octanol–water partition coefficient (Wildman–Crippen LogP) is 1.12. The average molecular weight is 244 g/mol. The molecule has 0 atom stereocenters. The molecule has 0 saturated carbocycles. The Labute approximate surface area is 106 Å². The summed E-state index contributed by atoms with van der Waals surface area (Å²) in [6.45, 7) is 11.2. The van der Waals surface area contributed by atoms with Gasteiger partial charge in [0.05, 0.1) is 6.61 Å². The third-order valence-electron chi connectivity index (χ3n) is 2.98. The van der Waals surface area contributed by atoms with Gasteiger partial charge in [0, 0.05) is 52.5 Å². The number of hydrogen-bond acceptors (Lipinski definition) is 4. The minimum Gasteiger partial charge on any atom is -0.381 e. The minimum absolute atomic E-state index is 0.832. The summed E-state index contributed by atoms with van der Waals surface area (Å²) >= 11 is 0. The zero-order chi connectivity index (χ0) is 12.2. The fourth-order valence-electron chi connectivity index (χ4n) is 1.84. The summed E-state index contributed by atoms with van der Waals surface area (Å²) in [5, 5.41) is 3.35. The number of piperazine rings is 1. The van der Waals surface area contributed by atoms with Gasteiger partial charge in [0.2, 0.25) is 0 Å². The van der Waals surface area contributed by atoms with Crippen molar-refractivity contribution in [3.63, 3.8) is 0 Å². The summed E-state index contributed by atoms with van der Waals surface area (Å²) in [5.41, 5.74) is 0. The zero-order valence-corrected chi connectivity index (χ0v) is 11.2. The molecule has 1 aliphatic heterocycles. The van der Waals surface area contributed by atoms with E-state index in [0.717, 1.165) is 65.6 Å². The van der Waals surface area contributed by atoms with E-state index in [9.17, 15) is 0 Å². The summed E-state index contributed by atoms with van der Waals surface area (Å²) in [4.78, 5) is 2.45. The van der Waals surface area contributed by atoms with E-state index < -0.39 is 0 Å². The van der Waals surface area contributed by atoms with E-state index in [4.69, 9.17) is 9.47 Å². The Kier molecular flexibility index (Phi) is 9.61. The first-order valence-electron chi connectivity index (χ1n) is 7.02. The monoisotopic (exact) mass is 244 g/mol. The molecule has 0 bridgehead atoms. The Hall–Kier alpha value is -0.160. The molecule has 0 unspecified atom stereocenters. The lowest BCUT2D eigenvalue weighted by Crippen LogP contribution is -2.44. The van der Waals surface area contributed by atoms with Crippen molar-refractivity contribution in [1.29, 1.82) is 0 Å². The number of hydrogen-bond donors (Lipinski definition) is 1. The first kappa shape index (κ1) is 14.9. The lowest BCUT2D eigenvalue weighted by Gasteiger charge is -2.26. The van der Waals surface area contributed by atoms with Gasteiger partial charge in [0.25, 0.3) is 0 Å². The maximum atomic E-state index is 5.60. The summed E-state index contributed by atoms with van der Waals surface area (Å²) in [6, 6.07) is 0. The van der Waals surface area contributed by atoms with Crippen LogP contribution in [0.25, 0.3) is 0 Å². The minimum atomic E-state index is 0.832. The van der Waals surface area contributed by atoms with Crippen molar-refractivity contribution in [3.8, 4) is 0 Å². The van der Waals surface area contributed by atoms with Gasteiger partial charge in [-0.3, -0.25) is 4.90 Å². The van der Waals surface area contributed by atoms with Crippen LogP contribution in [0.1, 0.15) is 26.2 Å². The number of nitrogens with one attached hydrogen (secondary N) is 1. The molecule has 0 aromatic rings. The summed E-state index contributed by atoms with van der Waals surface area (Å²) in [7, 11) is 0. The highest BCUT2D eigenvalue weighted by Gasteiger charge is 2.07. The maximum Gasteiger partial charge on any atom is 0.0593 e. The quantitative estimate of drug-likeness (QED) is 0.584. The van der Waals surface area contributed by atoms with E-state index in [1.807, 2.05) is 0 Å². The van der Waals surface area contributed by atoms with Crippen LogP contribution in [-0.2, 0) is 9.47 Å². The van der Waals surface area contributed by atoms with Crippen LogP contribution in [0.3, 0.4) is 0 Å². The van der Waals surface area contributed by atoms with Gasteiger partial charge in [0.15, 0.2) is 0 Å². The molecule has 0 amide bonds. The van der Waals surface area contributed by atoms with Gasteiger partial charge in [-0.1, -0.05) is 13.3 Å². The van der Waals surface area contributed by atoms with Crippen molar-refractivity contribution < 1.29 is 9.47 Å². The van der Waals surface area contributed by atoms with Gasteiger partial charge in [-0.25, -0.2) is 0 Å². The molecule has 102 valence electrons. The molecule has 0 aliphatic carbocycles. The molecule has 1 saturated heterocycles. The highest BCUT2D eigenvalue weighted by atomic mass is 16.5. The van der Waals surface area contributed by atoms with Crippen LogP contribution >= 0.6 is 0 Å². The largest absolute Gasteiger partial charge is 0.381 e. The molecular formula is C13H28N2O2. The van der Waals surface area contributed by atoms with Crippen LogP contribution in [0.15, 0.2) is 0 Å². The van der Waals surface area contributed by atoms with Crippen molar-refractivity contribution in [2.45, 2.75) is 26.2 Å². The van der Waals surface area contributed by atoms with E-state index in [1.54, 1.807) is 0 Å². The second-order valence-corrected chi connectivity index (χ2v) is 4.52. The molecule has 1 N–H and O–H groups in total. The van der Waals surface area contributed by atoms with Gasteiger partial charge in [-0.05, 0) is 12.8 Å². The van der Waals surface area contributed by atoms with Gasteiger partial charge >= 0.3 is 0 Å². The van der Waals surface area contributed by atoms with Crippen LogP contribution < -0.4 is 5.32 Å². The maximum absolute atomic E-state index is 5.60. The Balaban J connectivity index is 1.75. The van der Waals surface area contributed by atoms with Crippen molar-refractivity contribution in [1.82, 2.24) is 10.2 Å². The van der Waals surface area contributed by atoms with Gasteiger partial charge in [0.1, 0.15) is 0 Å². The van der Waals surface area contributed by atoms with E-state index >= 15 is 0 Å². The highest BCUT2D eigenvalue weighted by Crippen LogP contribution is 1.93. The Morgan fingerprint density at radius 2 is 1.59 bits per heavy atom. The van der Waals surface area contributed by atoms with E-state index in [1.165, 1.54) is 12.8 Å². The average Bonchev–Trinajstić information content (AvgIpc) is 2.38. The highest BCUT2D eigenvalue weighted by molar-refractivity contribution is 4.66. The summed E-state index contributed by atoms with van der Waals surface area (Å²) in [6.07, 6.45) is 3.40. The standard InChI is InChI=1S/C13H28N2O2/c1-2-3-10-16-11-4-12-17-13-9-15-7-5-14-6-8-15/h14H,2-13H2,1H3. The molecular weight excluding hydrogens is 216 g/mol. The molecule has 0 aromatic carbocycles. The molecule has 17 heavy (non-hydrogen) atoms. The molecule has 1 heterocycles. The van der Waals surface area contributed by atoms with E-state index in [-0.39, 0.29) is 0 Å². The first-order chi connectivity index (χ1) is 8.43. The Bertz CT molecular complexity index is 161. The number of unbranched alkanes of at least 4 members (excludes halogenated alkanes) is 1. The molecule has 4 heteroatoms. The first-order valence-corrected chi connectivity index (χ1v) is 7.02. The number of nitrogens with zero attached hydrogens (tertiary/aromatic N) is 1. The van der Waals surface area contributed by atoms with Gasteiger partial charge in [-0.2, -0.15) is 0 Å². The lowest BCUT2D eigenvalue weighted by atomic mass is 10.3. The Morgan fingerprint density at radius 3 is 2.29 bits per heavy atom. The summed E-state index contributed by atoms with van der Waals surface area (Å²) < 4.78 is 11.1. The molecule has 0 radical (unpaired) electrons. The second-order valence-electron chi connectivity index (χ2n) is 4.52. The molecule has 1 fully saturated rings. The fraction of sp³-hybridized carbons (Fsp3) is 1.00. The SMILES string of the molecule is CCCCOCCCOCCN1CCNCC1. The van der Waals surface area contributed by atoms with Crippen LogP contribution in [0.4, 0.5) is 0 Å². The van der Waals surface area contributed by atoms with Crippen molar-refractivity contribution in [2.24, 2.45) is 0 Å². The third-order valence-corrected chi connectivity index (χ3v) is 2.98. The van der Waals surface area contributed by atoms with Crippen LogP contribution in [0.5, 0.6) is 0 Å². The lowest BCUT2D eigenvalue weighted by molar-refractivity contribution is 0.0680. The fourth-order valence-corrected chi connectivity index (χ4v) is 1.84. The normalized spacial score (nSPS) is 17.5. The van der Waals surface area contributed by atoms with Crippen LogP contribution in [0.2, 0.25) is 0 Å². The molecule has 1 aliphatic rings. The van der Waals surface area contributed by atoms with Crippen molar-refractivity contribution in [2.75, 3.05) is 59.2 Å². The molecule has 0 spiro atoms.